The van der Waals surface area contributed by atoms with E-state index in [1.807, 2.05) is 0 Å². The van der Waals surface area contributed by atoms with E-state index in [-0.39, 0.29) is 39.1 Å². The van der Waals surface area contributed by atoms with Crippen LogP contribution in [-0.2, 0) is 14.3 Å². The van der Waals surface area contributed by atoms with Gasteiger partial charge in [0.05, 0.1) is 25.3 Å². The molecule has 0 aliphatic rings. The van der Waals surface area contributed by atoms with E-state index in [9.17, 15) is 19.5 Å². The number of amides is 1. The monoisotopic (exact) mass is 678 g/mol. The average molecular weight is 680 g/mol. The lowest BCUT2D eigenvalue weighted by Crippen LogP contribution is -2.41. The van der Waals surface area contributed by atoms with Crippen LogP contribution < -0.4 is 10.9 Å². The lowest BCUT2D eigenvalue weighted by Gasteiger charge is -2.26. The first kappa shape index (κ1) is 31.6. The second-order valence-electron chi connectivity index (χ2n) is 10.5. The van der Waals surface area contributed by atoms with E-state index < -0.39 is 47.6 Å². The molecule has 0 aliphatic heterocycles. The Bertz CT molecular complexity index is 1950. The van der Waals surface area contributed by atoms with E-state index in [4.69, 9.17) is 9.15 Å². The molecule has 5 aromatic rings. The van der Waals surface area contributed by atoms with Crippen molar-refractivity contribution < 1.29 is 32.6 Å². The van der Waals surface area contributed by atoms with Gasteiger partial charge in [-0.15, -0.1) is 0 Å². The minimum atomic E-state index is -1.60. The van der Waals surface area contributed by atoms with Crippen LogP contribution in [0.5, 0.6) is 5.75 Å². The Morgan fingerprint density at radius 1 is 1.07 bits per heavy atom. The quantitative estimate of drug-likeness (QED) is 0.162. The van der Waals surface area contributed by atoms with Gasteiger partial charge in [0.1, 0.15) is 23.4 Å². The summed E-state index contributed by atoms with van der Waals surface area (Å²) < 4.78 is 43.1. The molecule has 8 nitrogen and oxygen atoms in total. The van der Waals surface area contributed by atoms with Crippen LogP contribution in [0.3, 0.4) is 0 Å². The number of benzene rings is 3. The fourth-order valence-electron chi connectivity index (χ4n) is 5.44. The molecule has 0 saturated carbocycles. The van der Waals surface area contributed by atoms with Crippen LogP contribution in [-0.4, -0.2) is 28.2 Å². The fourth-order valence-corrected chi connectivity index (χ4v) is 6.00. The summed E-state index contributed by atoms with van der Waals surface area (Å²) in [5.41, 5.74) is 0.857. The van der Waals surface area contributed by atoms with Crippen molar-refractivity contribution in [2.75, 3.05) is 6.61 Å². The summed E-state index contributed by atoms with van der Waals surface area (Å²) in [6.07, 6.45) is 2.19. The van der Waals surface area contributed by atoms with Gasteiger partial charge in [-0.05, 0) is 79.9 Å². The number of halogens is 3. The molecular weight excluding hydrogens is 650 g/mol. The summed E-state index contributed by atoms with van der Waals surface area (Å²) >= 11 is 3.31. The molecular formula is C34H29BrF2N2O6. The number of nitrogens with one attached hydrogen (secondary N) is 1. The van der Waals surface area contributed by atoms with Crippen LogP contribution in [0.4, 0.5) is 8.78 Å². The Morgan fingerprint density at radius 2 is 1.82 bits per heavy atom. The van der Waals surface area contributed by atoms with Crippen LogP contribution in [0, 0.1) is 25.5 Å². The number of rotatable bonds is 9. The van der Waals surface area contributed by atoms with Crippen LogP contribution in [0.1, 0.15) is 47.7 Å². The van der Waals surface area contributed by atoms with Gasteiger partial charge in [-0.2, -0.15) is 0 Å². The Labute approximate surface area is 265 Å². The molecule has 0 fully saturated rings. The van der Waals surface area contributed by atoms with Crippen LogP contribution >= 0.6 is 15.9 Å². The maximum atomic E-state index is 15.9. The maximum absolute atomic E-state index is 15.9. The number of nitrogens with zero attached hydrogens (tertiary/aromatic N) is 1. The van der Waals surface area contributed by atoms with E-state index >= 15 is 8.78 Å². The smallest absolute Gasteiger partial charge is 0.308 e. The van der Waals surface area contributed by atoms with E-state index in [0.717, 1.165) is 16.2 Å². The second kappa shape index (κ2) is 13.1. The third-order valence-electron chi connectivity index (χ3n) is 7.53. The van der Waals surface area contributed by atoms with Crippen molar-refractivity contribution >= 4 is 38.8 Å². The third-order valence-corrected chi connectivity index (χ3v) is 8.22. The van der Waals surface area contributed by atoms with E-state index in [0.29, 0.717) is 16.5 Å². The largest absolute Gasteiger partial charge is 0.507 e. The minimum Gasteiger partial charge on any atom is -0.507 e. The highest BCUT2D eigenvalue weighted by atomic mass is 79.9. The van der Waals surface area contributed by atoms with Gasteiger partial charge in [-0.1, -0.05) is 34.1 Å². The van der Waals surface area contributed by atoms with Crippen molar-refractivity contribution in [3.05, 3.63) is 122 Å². The number of pyridine rings is 1. The number of carbonyl (C=O) groups excluding carboxylic acids is 2. The van der Waals surface area contributed by atoms with Gasteiger partial charge >= 0.3 is 5.97 Å². The highest BCUT2D eigenvalue weighted by Crippen LogP contribution is 2.37. The zero-order chi connectivity index (χ0) is 32.4. The first-order chi connectivity index (χ1) is 21.5. The highest BCUT2D eigenvalue weighted by Gasteiger charge is 2.33. The molecule has 232 valence electrons. The fraction of sp³-hybridized carbons (Fsp3) is 0.206. The number of esters is 1. The van der Waals surface area contributed by atoms with E-state index in [2.05, 4.69) is 21.2 Å². The molecule has 2 heterocycles. The van der Waals surface area contributed by atoms with Gasteiger partial charge < -0.3 is 19.6 Å². The van der Waals surface area contributed by atoms with Gasteiger partial charge in [0.25, 0.3) is 5.56 Å². The Kier molecular flexibility index (Phi) is 9.19. The van der Waals surface area contributed by atoms with Crippen LogP contribution in [0.15, 0.2) is 86.8 Å². The number of fused-ring (bicyclic) bond motifs is 1. The Morgan fingerprint density at radius 3 is 2.53 bits per heavy atom. The number of ether oxygens (including phenoxy) is 1. The Hall–Kier alpha value is -4.77. The molecule has 5 rings (SSSR count). The summed E-state index contributed by atoms with van der Waals surface area (Å²) in [6.45, 7) is 4.97. The first-order valence-electron chi connectivity index (χ1n) is 14.1. The van der Waals surface area contributed by atoms with E-state index in [1.54, 1.807) is 44.2 Å². The number of carbonyl (C=O) groups is 2. The van der Waals surface area contributed by atoms with Crippen molar-refractivity contribution in [3.63, 3.8) is 0 Å². The van der Waals surface area contributed by atoms with Crippen molar-refractivity contribution in [2.45, 2.75) is 39.3 Å². The number of hydrogen-bond donors (Lipinski definition) is 2. The predicted octanol–water partition coefficient (Wildman–Crippen LogP) is 7.02. The number of hydrogen-bond acceptors (Lipinski definition) is 6. The number of aromatic nitrogens is 1. The molecule has 45 heavy (non-hydrogen) atoms. The van der Waals surface area contributed by atoms with Gasteiger partial charge in [-0.3, -0.25) is 19.0 Å². The molecule has 3 aromatic carbocycles. The number of phenols is 1. The number of phenolic OH excluding ortho intramolecular Hbond substituents is 1. The lowest BCUT2D eigenvalue weighted by molar-refractivity contribution is -0.143. The van der Waals surface area contributed by atoms with Gasteiger partial charge in [0.2, 0.25) is 5.91 Å². The molecule has 0 bridgehead atoms. The van der Waals surface area contributed by atoms with Crippen LogP contribution in [0.25, 0.3) is 22.1 Å². The molecule has 2 atom stereocenters. The highest BCUT2D eigenvalue weighted by molar-refractivity contribution is 9.10. The zero-order valence-electron chi connectivity index (χ0n) is 24.6. The third kappa shape index (κ3) is 6.26. The summed E-state index contributed by atoms with van der Waals surface area (Å²) in [5, 5.41) is 13.8. The number of aryl methyl sites for hydroxylation is 2. The molecule has 1 unspecified atom stereocenters. The molecule has 0 aliphatic carbocycles. The van der Waals surface area contributed by atoms with Crippen LogP contribution in [0.2, 0.25) is 0 Å². The van der Waals surface area contributed by atoms with Gasteiger partial charge in [-0.25, -0.2) is 8.78 Å². The summed E-state index contributed by atoms with van der Waals surface area (Å²) in [6, 6.07) is 12.3. The molecule has 2 aromatic heterocycles. The Balaban J connectivity index is 1.67. The minimum absolute atomic E-state index is 0.0323. The van der Waals surface area contributed by atoms with Crippen molar-refractivity contribution in [3.8, 4) is 16.9 Å². The maximum Gasteiger partial charge on any atom is 0.308 e. The first-order valence-corrected chi connectivity index (χ1v) is 14.9. The molecule has 2 N–H and O–H groups in total. The van der Waals surface area contributed by atoms with Gasteiger partial charge in [0.15, 0.2) is 5.58 Å². The topological polar surface area (TPSA) is 111 Å². The molecule has 0 radical (unpaired) electrons. The summed E-state index contributed by atoms with van der Waals surface area (Å²) in [5.74, 6) is -3.13. The molecule has 0 saturated heterocycles. The second-order valence-corrected chi connectivity index (χ2v) is 11.4. The number of furan rings is 1. The van der Waals surface area contributed by atoms with Gasteiger partial charge in [0, 0.05) is 32.7 Å². The van der Waals surface area contributed by atoms with Crippen molar-refractivity contribution in [1.29, 1.82) is 0 Å². The normalized spacial score (nSPS) is 12.6. The lowest BCUT2D eigenvalue weighted by atomic mass is 9.92. The molecule has 0 spiro atoms. The van der Waals surface area contributed by atoms with Crippen molar-refractivity contribution in [2.24, 2.45) is 0 Å². The number of aromatic hydroxyl groups is 1. The van der Waals surface area contributed by atoms with Crippen molar-refractivity contribution in [1.82, 2.24) is 9.88 Å². The molecule has 11 heteroatoms. The summed E-state index contributed by atoms with van der Waals surface area (Å²) in [7, 11) is 0. The zero-order valence-corrected chi connectivity index (χ0v) is 26.2. The standard InChI is InChI=1S/C34H29BrF2N2O6/c1-4-44-27(41)17-25(22-16-21(15-19(3)30(22)37)28-18(2)7-5-10-26(28)40)38-33(42)31(29-23(35)8-6-9-24(29)36)39-13-11-20-12-14-45-32(20)34(39)43/h5-16,25,31,40H,4,17H2,1-3H3,(H,38,42)/t25-,31?/m0/s1. The SMILES string of the molecule is CCOC(=O)C[C@H](NC(=O)C(c1c(F)cccc1Br)n1ccc2ccoc2c1=O)c1cc(-c2c(C)cccc2O)cc(C)c1F. The summed E-state index contributed by atoms with van der Waals surface area (Å²) in [4.78, 5) is 40.5. The molecule has 1 amide bonds. The predicted molar refractivity (Wildman–Crippen MR) is 168 cm³/mol. The van der Waals surface area contributed by atoms with E-state index in [1.165, 1.54) is 43.6 Å². The average Bonchev–Trinajstić information content (AvgIpc) is 3.47.